The minimum absolute atomic E-state index is 0.175. The van der Waals surface area contributed by atoms with E-state index in [2.05, 4.69) is 4.98 Å². The van der Waals surface area contributed by atoms with Crippen molar-refractivity contribution in [3.63, 3.8) is 0 Å². The summed E-state index contributed by atoms with van der Waals surface area (Å²) in [5.74, 6) is 0. The first kappa shape index (κ1) is 11.8. The molecule has 0 amide bonds. The number of hydrogen-bond donors (Lipinski definition) is 2. The van der Waals surface area contributed by atoms with Gasteiger partial charge in [0.25, 0.3) is 5.56 Å². The number of benzene rings is 2. The number of halogens is 1. The Kier molecular flexibility index (Phi) is 2.76. The first-order valence-electron chi connectivity index (χ1n) is 5.82. The summed E-state index contributed by atoms with van der Waals surface area (Å²) in [6.07, 6.45) is 0. The number of aromatic nitrogens is 1. The summed E-state index contributed by atoms with van der Waals surface area (Å²) in [6, 6.07) is 14.5. The molecule has 2 aromatic carbocycles. The Morgan fingerprint density at radius 1 is 1.00 bits per heavy atom. The lowest BCUT2D eigenvalue weighted by atomic mass is 10.0. The van der Waals surface area contributed by atoms with Crippen LogP contribution in [0.1, 0.15) is 0 Å². The smallest absolute Gasteiger partial charge is 0.256 e. The van der Waals surface area contributed by atoms with Crippen molar-refractivity contribution in [3.05, 3.63) is 63.9 Å². The van der Waals surface area contributed by atoms with Gasteiger partial charge in [-0.15, -0.1) is 0 Å². The second-order valence-corrected chi connectivity index (χ2v) is 4.75. The number of rotatable bonds is 1. The van der Waals surface area contributed by atoms with Crippen LogP contribution in [0.3, 0.4) is 0 Å². The molecule has 1 heterocycles. The van der Waals surface area contributed by atoms with Gasteiger partial charge >= 0.3 is 0 Å². The van der Waals surface area contributed by atoms with Crippen molar-refractivity contribution in [2.24, 2.45) is 0 Å². The van der Waals surface area contributed by atoms with Gasteiger partial charge in [0.1, 0.15) is 0 Å². The van der Waals surface area contributed by atoms with Gasteiger partial charge in [-0.1, -0.05) is 35.9 Å². The Bertz CT molecular complexity index is 824. The quantitative estimate of drug-likeness (QED) is 0.666. The highest BCUT2D eigenvalue weighted by Gasteiger charge is 2.08. The third-order valence-corrected chi connectivity index (χ3v) is 3.36. The van der Waals surface area contributed by atoms with Gasteiger partial charge in [-0.25, -0.2) is 0 Å². The Labute approximate surface area is 114 Å². The van der Waals surface area contributed by atoms with E-state index >= 15 is 0 Å². The van der Waals surface area contributed by atoms with E-state index in [1.807, 2.05) is 30.3 Å². The van der Waals surface area contributed by atoms with Crippen LogP contribution >= 0.6 is 11.6 Å². The minimum atomic E-state index is -0.175. The molecule has 0 spiro atoms. The number of pyridine rings is 1. The van der Waals surface area contributed by atoms with E-state index in [0.29, 0.717) is 16.3 Å². The highest BCUT2D eigenvalue weighted by molar-refractivity contribution is 6.33. The molecular weight excluding hydrogens is 260 g/mol. The molecule has 0 saturated heterocycles. The molecule has 0 fully saturated rings. The van der Waals surface area contributed by atoms with Gasteiger partial charge in [0.15, 0.2) is 0 Å². The van der Waals surface area contributed by atoms with E-state index in [1.54, 1.807) is 18.2 Å². The third kappa shape index (κ3) is 2.09. The van der Waals surface area contributed by atoms with Crippen LogP contribution in [0.2, 0.25) is 5.02 Å². The fourth-order valence-corrected chi connectivity index (χ4v) is 2.34. The first-order valence-corrected chi connectivity index (χ1v) is 6.20. The lowest BCUT2D eigenvalue weighted by molar-refractivity contribution is 1.31. The number of fused-ring (bicyclic) bond motifs is 1. The molecule has 19 heavy (non-hydrogen) atoms. The van der Waals surface area contributed by atoms with Gasteiger partial charge in [0.2, 0.25) is 0 Å². The number of nitrogens with one attached hydrogen (secondary N) is 1. The molecule has 0 aliphatic rings. The standard InChI is InChI=1S/C15H11ClN2O/c16-13-4-2-1-3-11(13)12-7-9-5-6-10(17)8-14(9)18-15(12)19/h1-8H,17H2,(H,18,19). The molecule has 94 valence electrons. The van der Waals surface area contributed by atoms with Gasteiger partial charge in [0.05, 0.1) is 5.52 Å². The largest absolute Gasteiger partial charge is 0.399 e. The molecule has 0 bridgehead atoms. The topological polar surface area (TPSA) is 58.9 Å². The van der Waals surface area contributed by atoms with Crippen LogP contribution in [0.5, 0.6) is 0 Å². The molecule has 0 saturated carbocycles. The Morgan fingerprint density at radius 2 is 1.79 bits per heavy atom. The Balaban J connectivity index is 2.31. The van der Waals surface area contributed by atoms with Crippen molar-refractivity contribution in [2.45, 2.75) is 0 Å². The second kappa shape index (κ2) is 4.44. The fraction of sp³-hybridized carbons (Fsp3) is 0. The van der Waals surface area contributed by atoms with Gasteiger partial charge in [0, 0.05) is 21.8 Å². The van der Waals surface area contributed by atoms with Crippen LogP contribution in [-0.2, 0) is 0 Å². The highest BCUT2D eigenvalue weighted by atomic mass is 35.5. The first-order chi connectivity index (χ1) is 9.15. The molecule has 3 N–H and O–H groups in total. The van der Waals surface area contributed by atoms with E-state index in [4.69, 9.17) is 17.3 Å². The van der Waals surface area contributed by atoms with E-state index in [-0.39, 0.29) is 5.56 Å². The summed E-state index contributed by atoms with van der Waals surface area (Å²) in [7, 11) is 0. The van der Waals surface area contributed by atoms with Crippen molar-refractivity contribution < 1.29 is 0 Å². The van der Waals surface area contributed by atoms with Crippen LogP contribution < -0.4 is 11.3 Å². The number of hydrogen-bond acceptors (Lipinski definition) is 2. The van der Waals surface area contributed by atoms with Crippen LogP contribution in [0.4, 0.5) is 5.69 Å². The van der Waals surface area contributed by atoms with E-state index in [9.17, 15) is 4.79 Å². The molecule has 3 rings (SSSR count). The van der Waals surface area contributed by atoms with Gasteiger partial charge in [-0.05, 0) is 29.7 Å². The van der Waals surface area contributed by atoms with Crippen LogP contribution in [0, 0.1) is 0 Å². The zero-order valence-electron chi connectivity index (χ0n) is 9.98. The molecule has 4 heteroatoms. The van der Waals surface area contributed by atoms with Gasteiger partial charge in [-0.2, -0.15) is 0 Å². The van der Waals surface area contributed by atoms with E-state index < -0.39 is 0 Å². The van der Waals surface area contributed by atoms with E-state index in [1.165, 1.54) is 0 Å². The normalized spacial score (nSPS) is 10.8. The minimum Gasteiger partial charge on any atom is -0.399 e. The average molecular weight is 271 g/mol. The van der Waals surface area contributed by atoms with Crippen molar-refractivity contribution in [1.82, 2.24) is 4.98 Å². The number of anilines is 1. The van der Waals surface area contributed by atoms with Crippen molar-refractivity contribution in [1.29, 1.82) is 0 Å². The lowest BCUT2D eigenvalue weighted by Crippen LogP contribution is -2.09. The summed E-state index contributed by atoms with van der Waals surface area (Å²) in [4.78, 5) is 15.0. The number of H-pyrrole nitrogens is 1. The van der Waals surface area contributed by atoms with Gasteiger partial charge in [-0.3, -0.25) is 4.79 Å². The molecular formula is C15H11ClN2O. The average Bonchev–Trinajstić information content (AvgIpc) is 2.39. The fourth-order valence-electron chi connectivity index (χ4n) is 2.10. The van der Waals surface area contributed by atoms with Gasteiger partial charge < -0.3 is 10.7 Å². The van der Waals surface area contributed by atoms with Crippen LogP contribution in [0.15, 0.2) is 53.3 Å². The van der Waals surface area contributed by atoms with E-state index in [0.717, 1.165) is 16.5 Å². The molecule has 0 aliphatic carbocycles. The number of nitrogen functional groups attached to an aromatic ring is 1. The third-order valence-electron chi connectivity index (χ3n) is 3.03. The summed E-state index contributed by atoms with van der Waals surface area (Å²) < 4.78 is 0. The maximum Gasteiger partial charge on any atom is 0.256 e. The molecule has 0 radical (unpaired) electrons. The predicted octanol–water partition coefficient (Wildman–Crippen LogP) is 3.43. The Hall–Kier alpha value is -2.26. The van der Waals surface area contributed by atoms with Crippen molar-refractivity contribution in [3.8, 4) is 11.1 Å². The van der Waals surface area contributed by atoms with Crippen LogP contribution in [0.25, 0.3) is 22.0 Å². The zero-order valence-corrected chi connectivity index (χ0v) is 10.7. The molecule has 1 aromatic heterocycles. The summed E-state index contributed by atoms with van der Waals surface area (Å²) >= 11 is 6.13. The second-order valence-electron chi connectivity index (χ2n) is 4.34. The van der Waals surface area contributed by atoms with Crippen molar-refractivity contribution in [2.75, 3.05) is 5.73 Å². The summed E-state index contributed by atoms with van der Waals surface area (Å²) in [6.45, 7) is 0. The maximum atomic E-state index is 12.1. The molecule has 3 nitrogen and oxygen atoms in total. The predicted molar refractivity (Wildman–Crippen MR) is 79.4 cm³/mol. The number of aromatic amines is 1. The van der Waals surface area contributed by atoms with Crippen LogP contribution in [-0.4, -0.2) is 4.98 Å². The highest BCUT2D eigenvalue weighted by Crippen LogP contribution is 2.26. The number of nitrogens with two attached hydrogens (primary N) is 1. The summed E-state index contributed by atoms with van der Waals surface area (Å²) in [5, 5.41) is 1.48. The Morgan fingerprint density at radius 3 is 2.58 bits per heavy atom. The molecule has 3 aromatic rings. The SMILES string of the molecule is Nc1ccc2cc(-c3ccccc3Cl)c(=O)[nH]c2c1. The monoisotopic (exact) mass is 270 g/mol. The molecule has 0 atom stereocenters. The molecule has 0 aliphatic heterocycles. The molecule has 0 unspecified atom stereocenters. The van der Waals surface area contributed by atoms with Crippen molar-refractivity contribution >= 4 is 28.2 Å². The zero-order chi connectivity index (χ0) is 13.4. The lowest BCUT2D eigenvalue weighted by Gasteiger charge is -2.06. The maximum absolute atomic E-state index is 12.1. The summed E-state index contributed by atoms with van der Waals surface area (Å²) in [5.41, 5.74) is 8.16.